The molecular weight excluding hydrogens is 280 g/mol. The summed E-state index contributed by atoms with van der Waals surface area (Å²) in [7, 11) is 1.83. The number of rotatable bonds is 5. The van der Waals surface area contributed by atoms with Crippen molar-refractivity contribution in [3.63, 3.8) is 0 Å². The number of likely N-dealkylation sites (N-methyl/N-ethyl adjacent to an activating group) is 1. The van der Waals surface area contributed by atoms with Gasteiger partial charge in [0.15, 0.2) is 0 Å². The molecule has 0 bridgehead atoms. The maximum Gasteiger partial charge on any atom is 0.142 e. The zero-order valence-corrected chi connectivity index (χ0v) is 11.9. The van der Waals surface area contributed by atoms with Crippen molar-refractivity contribution in [2.24, 2.45) is 0 Å². The minimum Gasteiger partial charge on any atom is -0.316 e. The van der Waals surface area contributed by atoms with E-state index in [2.05, 4.69) is 5.32 Å². The van der Waals surface area contributed by atoms with Crippen LogP contribution in [0.25, 0.3) is 0 Å². The van der Waals surface area contributed by atoms with Crippen LogP contribution < -0.4 is 5.32 Å². The van der Waals surface area contributed by atoms with Crippen LogP contribution in [0, 0.1) is 11.6 Å². The van der Waals surface area contributed by atoms with E-state index in [1.165, 1.54) is 18.2 Å². The van der Waals surface area contributed by atoms with E-state index in [1.54, 1.807) is 18.2 Å². The standard InChI is InChI=1S/C16H16ClF2N/c1-20-14(9-11-4-2-6-13(18)8-11)10-12-5-3-7-15(19)16(12)17/h2-8,14,20H,9-10H2,1H3. The summed E-state index contributed by atoms with van der Waals surface area (Å²) in [5.74, 6) is -0.661. The first kappa shape index (κ1) is 14.9. The van der Waals surface area contributed by atoms with E-state index in [-0.39, 0.29) is 16.9 Å². The van der Waals surface area contributed by atoms with Crippen molar-refractivity contribution in [2.75, 3.05) is 7.05 Å². The summed E-state index contributed by atoms with van der Waals surface area (Å²) in [6, 6.07) is 11.3. The van der Waals surface area contributed by atoms with Crippen LogP contribution in [0.15, 0.2) is 42.5 Å². The van der Waals surface area contributed by atoms with Gasteiger partial charge < -0.3 is 5.32 Å². The first-order valence-corrected chi connectivity index (χ1v) is 6.82. The average molecular weight is 296 g/mol. The Kier molecular flexibility index (Phi) is 5.10. The van der Waals surface area contributed by atoms with Crippen LogP contribution in [-0.2, 0) is 12.8 Å². The van der Waals surface area contributed by atoms with Crippen LogP contribution in [0.4, 0.5) is 8.78 Å². The average Bonchev–Trinajstić information content (AvgIpc) is 2.43. The molecule has 0 aliphatic rings. The number of benzene rings is 2. The number of hydrogen-bond acceptors (Lipinski definition) is 1. The summed E-state index contributed by atoms with van der Waals surface area (Å²) in [4.78, 5) is 0. The van der Waals surface area contributed by atoms with Crippen LogP contribution in [0.1, 0.15) is 11.1 Å². The lowest BCUT2D eigenvalue weighted by Crippen LogP contribution is -2.30. The highest BCUT2D eigenvalue weighted by Gasteiger charge is 2.13. The van der Waals surface area contributed by atoms with Gasteiger partial charge in [0.2, 0.25) is 0 Å². The van der Waals surface area contributed by atoms with E-state index in [4.69, 9.17) is 11.6 Å². The molecule has 1 N–H and O–H groups in total. The van der Waals surface area contributed by atoms with Gasteiger partial charge in [-0.05, 0) is 49.2 Å². The molecule has 0 saturated carbocycles. The molecule has 106 valence electrons. The predicted molar refractivity (Wildman–Crippen MR) is 78.1 cm³/mol. The zero-order valence-electron chi connectivity index (χ0n) is 11.2. The second kappa shape index (κ2) is 6.82. The molecule has 0 aromatic heterocycles. The number of nitrogens with one attached hydrogen (secondary N) is 1. The van der Waals surface area contributed by atoms with Crippen molar-refractivity contribution in [3.05, 3.63) is 70.2 Å². The molecule has 4 heteroatoms. The van der Waals surface area contributed by atoms with Gasteiger partial charge >= 0.3 is 0 Å². The Morgan fingerprint density at radius 1 is 1.10 bits per heavy atom. The molecule has 0 heterocycles. The van der Waals surface area contributed by atoms with Crippen molar-refractivity contribution in [1.29, 1.82) is 0 Å². The zero-order chi connectivity index (χ0) is 14.5. The van der Waals surface area contributed by atoms with E-state index in [0.29, 0.717) is 12.8 Å². The van der Waals surface area contributed by atoms with Crippen LogP contribution >= 0.6 is 11.6 Å². The molecule has 1 nitrogen and oxygen atoms in total. The summed E-state index contributed by atoms with van der Waals surface area (Å²) in [6.45, 7) is 0. The second-order valence-electron chi connectivity index (χ2n) is 4.74. The highest BCUT2D eigenvalue weighted by atomic mass is 35.5. The third-order valence-corrected chi connectivity index (χ3v) is 3.70. The summed E-state index contributed by atoms with van der Waals surface area (Å²) in [5, 5.41) is 3.32. The largest absolute Gasteiger partial charge is 0.316 e. The Morgan fingerprint density at radius 3 is 2.55 bits per heavy atom. The summed E-state index contributed by atoms with van der Waals surface area (Å²) in [6.07, 6.45) is 1.24. The highest BCUT2D eigenvalue weighted by Crippen LogP contribution is 2.21. The van der Waals surface area contributed by atoms with Gasteiger partial charge in [0.1, 0.15) is 11.6 Å². The van der Waals surface area contributed by atoms with Gasteiger partial charge in [-0.25, -0.2) is 8.78 Å². The molecule has 0 aliphatic heterocycles. The third kappa shape index (κ3) is 3.78. The highest BCUT2D eigenvalue weighted by molar-refractivity contribution is 6.31. The van der Waals surface area contributed by atoms with E-state index < -0.39 is 5.82 Å². The summed E-state index contributed by atoms with van der Waals surface area (Å²) in [5.41, 5.74) is 1.65. The normalized spacial score (nSPS) is 12.4. The van der Waals surface area contributed by atoms with Crippen LogP contribution in [0.5, 0.6) is 0 Å². The minimum absolute atomic E-state index is 0.0658. The van der Waals surface area contributed by atoms with Gasteiger partial charge in [0, 0.05) is 6.04 Å². The van der Waals surface area contributed by atoms with Gasteiger partial charge in [-0.3, -0.25) is 0 Å². The van der Waals surface area contributed by atoms with Gasteiger partial charge in [-0.1, -0.05) is 35.9 Å². The van der Waals surface area contributed by atoms with Crippen LogP contribution in [0.3, 0.4) is 0 Å². The molecular formula is C16H16ClF2N. The lowest BCUT2D eigenvalue weighted by molar-refractivity contribution is 0.550. The minimum atomic E-state index is -0.412. The molecule has 0 aliphatic carbocycles. The van der Waals surface area contributed by atoms with Crippen molar-refractivity contribution >= 4 is 11.6 Å². The molecule has 0 fully saturated rings. The summed E-state index contributed by atoms with van der Waals surface area (Å²) < 4.78 is 26.6. The smallest absolute Gasteiger partial charge is 0.142 e. The van der Waals surface area contributed by atoms with E-state index in [0.717, 1.165) is 11.1 Å². The van der Waals surface area contributed by atoms with E-state index in [9.17, 15) is 8.78 Å². The monoisotopic (exact) mass is 295 g/mol. The SMILES string of the molecule is CNC(Cc1cccc(F)c1)Cc1cccc(F)c1Cl. The lowest BCUT2D eigenvalue weighted by atomic mass is 9.99. The fraction of sp³-hybridized carbons (Fsp3) is 0.250. The Balaban J connectivity index is 2.11. The number of halogens is 3. The second-order valence-corrected chi connectivity index (χ2v) is 5.11. The maximum absolute atomic E-state index is 13.4. The maximum atomic E-state index is 13.4. The molecule has 1 atom stereocenters. The van der Waals surface area contributed by atoms with Crippen LogP contribution in [-0.4, -0.2) is 13.1 Å². The summed E-state index contributed by atoms with van der Waals surface area (Å²) >= 11 is 5.96. The molecule has 20 heavy (non-hydrogen) atoms. The number of hydrogen-bond donors (Lipinski definition) is 1. The van der Waals surface area contributed by atoms with Crippen molar-refractivity contribution in [1.82, 2.24) is 5.32 Å². The molecule has 0 amide bonds. The molecule has 2 aromatic rings. The van der Waals surface area contributed by atoms with E-state index >= 15 is 0 Å². The van der Waals surface area contributed by atoms with Gasteiger partial charge in [-0.15, -0.1) is 0 Å². The molecule has 0 saturated heterocycles. The Hall–Kier alpha value is -1.45. The fourth-order valence-corrected chi connectivity index (χ4v) is 2.40. The van der Waals surface area contributed by atoms with Gasteiger partial charge in [0.05, 0.1) is 5.02 Å². The van der Waals surface area contributed by atoms with Crippen molar-refractivity contribution in [3.8, 4) is 0 Å². The molecule has 2 aromatic carbocycles. The van der Waals surface area contributed by atoms with Crippen molar-refractivity contribution in [2.45, 2.75) is 18.9 Å². The molecule has 0 spiro atoms. The molecule has 0 radical (unpaired) electrons. The molecule has 1 unspecified atom stereocenters. The third-order valence-electron chi connectivity index (χ3n) is 3.28. The van der Waals surface area contributed by atoms with Gasteiger partial charge in [0.25, 0.3) is 0 Å². The topological polar surface area (TPSA) is 12.0 Å². The lowest BCUT2D eigenvalue weighted by Gasteiger charge is -2.17. The quantitative estimate of drug-likeness (QED) is 0.879. The predicted octanol–water partition coefficient (Wildman–Crippen LogP) is 3.99. The molecule has 2 rings (SSSR count). The van der Waals surface area contributed by atoms with Crippen LogP contribution in [0.2, 0.25) is 5.02 Å². The Labute approximate surface area is 122 Å². The Morgan fingerprint density at radius 2 is 1.85 bits per heavy atom. The van der Waals surface area contributed by atoms with E-state index in [1.807, 2.05) is 13.1 Å². The fourth-order valence-electron chi connectivity index (χ4n) is 2.20. The van der Waals surface area contributed by atoms with Gasteiger partial charge in [-0.2, -0.15) is 0 Å². The van der Waals surface area contributed by atoms with Crippen molar-refractivity contribution < 1.29 is 8.78 Å². The first-order valence-electron chi connectivity index (χ1n) is 6.44. The Bertz CT molecular complexity index is 586. The first-order chi connectivity index (χ1) is 9.60.